The van der Waals surface area contributed by atoms with Gasteiger partial charge in [0.1, 0.15) is 11.9 Å². The van der Waals surface area contributed by atoms with Crippen LogP contribution in [0.5, 0.6) is 5.75 Å². The van der Waals surface area contributed by atoms with Crippen molar-refractivity contribution in [1.82, 2.24) is 0 Å². The van der Waals surface area contributed by atoms with Crippen LogP contribution in [0.2, 0.25) is 5.02 Å². The van der Waals surface area contributed by atoms with Gasteiger partial charge < -0.3 is 10.5 Å². The molecule has 0 saturated carbocycles. The van der Waals surface area contributed by atoms with Crippen LogP contribution in [0.25, 0.3) is 0 Å². The monoisotopic (exact) mass is 303 g/mol. The molecule has 0 radical (unpaired) electrons. The Hall–Kier alpha value is -1.51. The molecule has 2 nitrogen and oxygen atoms in total. The third-order valence-electron chi connectivity index (χ3n) is 3.64. The van der Waals surface area contributed by atoms with Crippen molar-refractivity contribution in [3.05, 3.63) is 64.2 Å². The van der Waals surface area contributed by atoms with Crippen molar-refractivity contribution in [2.45, 2.75) is 39.3 Å². The zero-order valence-electron chi connectivity index (χ0n) is 12.8. The minimum absolute atomic E-state index is 0.0631. The molecule has 0 saturated heterocycles. The van der Waals surface area contributed by atoms with E-state index in [0.29, 0.717) is 5.02 Å². The summed E-state index contributed by atoms with van der Waals surface area (Å²) < 4.78 is 6.21. The summed E-state index contributed by atoms with van der Waals surface area (Å²) in [5, 5.41) is 0.717. The van der Waals surface area contributed by atoms with Crippen molar-refractivity contribution in [3.63, 3.8) is 0 Å². The third-order valence-corrected chi connectivity index (χ3v) is 3.90. The Labute approximate surface area is 131 Å². The summed E-state index contributed by atoms with van der Waals surface area (Å²) >= 11 is 5.96. The second-order valence-electron chi connectivity index (χ2n) is 5.43. The highest BCUT2D eigenvalue weighted by atomic mass is 35.5. The average molecular weight is 304 g/mol. The number of aryl methyl sites for hydroxylation is 2. The standard InChI is InChI=1S/C18H22ClNO/c1-4-16(20)18(14-6-8-15(19)9-7-14)21-17-10-5-12(2)11-13(17)3/h5-11,16,18H,4,20H2,1-3H3. The van der Waals surface area contributed by atoms with Gasteiger partial charge in [-0.05, 0) is 49.6 Å². The van der Waals surface area contributed by atoms with Gasteiger partial charge in [-0.25, -0.2) is 0 Å². The highest BCUT2D eigenvalue weighted by Gasteiger charge is 2.21. The van der Waals surface area contributed by atoms with Crippen LogP contribution >= 0.6 is 11.6 Å². The largest absolute Gasteiger partial charge is 0.484 e. The van der Waals surface area contributed by atoms with Gasteiger partial charge in [-0.2, -0.15) is 0 Å². The third kappa shape index (κ3) is 3.99. The second-order valence-corrected chi connectivity index (χ2v) is 5.87. The molecule has 2 aromatic rings. The van der Waals surface area contributed by atoms with Crippen LogP contribution in [0, 0.1) is 13.8 Å². The first-order valence-corrected chi connectivity index (χ1v) is 7.64. The maximum Gasteiger partial charge on any atom is 0.139 e. The topological polar surface area (TPSA) is 35.2 Å². The first-order chi connectivity index (χ1) is 10.0. The molecule has 2 aromatic carbocycles. The molecule has 0 bridgehead atoms. The molecule has 0 aliphatic carbocycles. The lowest BCUT2D eigenvalue weighted by atomic mass is 10.0. The first kappa shape index (κ1) is 15.9. The van der Waals surface area contributed by atoms with Crippen LogP contribution in [0.4, 0.5) is 0 Å². The summed E-state index contributed by atoms with van der Waals surface area (Å²) in [4.78, 5) is 0. The van der Waals surface area contributed by atoms with E-state index in [-0.39, 0.29) is 12.1 Å². The van der Waals surface area contributed by atoms with Crippen molar-refractivity contribution in [2.24, 2.45) is 5.73 Å². The Morgan fingerprint density at radius 1 is 1.10 bits per heavy atom. The van der Waals surface area contributed by atoms with E-state index in [1.165, 1.54) is 5.56 Å². The molecule has 0 heterocycles. The van der Waals surface area contributed by atoms with Gasteiger partial charge in [0.2, 0.25) is 0 Å². The number of ether oxygens (including phenoxy) is 1. The Balaban J connectivity index is 2.30. The van der Waals surface area contributed by atoms with E-state index in [9.17, 15) is 0 Å². The van der Waals surface area contributed by atoms with Gasteiger partial charge in [-0.15, -0.1) is 0 Å². The number of rotatable bonds is 5. The second kappa shape index (κ2) is 6.97. The van der Waals surface area contributed by atoms with E-state index in [1.807, 2.05) is 30.3 Å². The quantitative estimate of drug-likeness (QED) is 0.860. The molecule has 0 aliphatic rings. The SMILES string of the molecule is CCC(N)C(Oc1ccc(C)cc1C)c1ccc(Cl)cc1. The zero-order chi connectivity index (χ0) is 15.4. The van der Waals surface area contributed by atoms with Gasteiger partial charge in [0.25, 0.3) is 0 Å². The molecular weight excluding hydrogens is 282 g/mol. The van der Waals surface area contributed by atoms with Crippen molar-refractivity contribution in [3.8, 4) is 5.75 Å². The molecule has 0 spiro atoms. The van der Waals surface area contributed by atoms with E-state index in [2.05, 4.69) is 32.9 Å². The van der Waals surface area contributed by atoms with Crippen LogP contribution in [0.3, 0.4) is 0 Å². The molecular formula is C18H22ClNO. The molecule has 2 N–H and O–H groups in total. The smallest absolute Gasteiger partial charge is 0.139 e. The molecule has 2 atom stereocenters. The van der Waals surface area contributed by atoms with E-state index >= 15 is 0 Å². The minimum atomic E-state index is -0.173. The lowest BCUT2D eigenvalue weighted by molar-refractivity contribution is 0.170. The summed E-state index contributed by atoms with van der Waals surface area (Å²) in [6.07, 6.45) is 0.673. The fraction of sp³-hybridized carbons (Fsp3) is 0.333. The van der Waals surface area contributed by atoms with Crippen LogP contribution in [-0.4, -0.2) is 6.04 Å². The van der Waals surface area contributed by atoms with E-state index in [0.717, 1.165) is 23.3 Å². The van der Waals surface area contributed by atoms with Crippen LogP contribution < -0.4 is 10.5 Å². The number of nitrogens with two attached hydrogens (primary N) is 1. The number of hydrogen-bond donors (Lipinski definition) is 1. The van der Waals surface area contributed by atoms with Crippen molar-refractivity contribution in [2.75, 3.05) is 0 Å². The number of benzene rings is 2. The first-order valence-electron chi connectivity index (χ1n) is 7.26. The van der Waals surface area contributed by atoms with Crippen LogP contribution in [-0.2, 0) is 0 Å². The fourth-order valence-electron chi connectivity index (χ4n) is 2.34. The average Bonchev–Trinajstić information content (AvgIpc) is 2.47. The molecule has 0 aromatic heterocycles. The predicted molar refractivity (Wildman–Crippen MR) is 89.0 cm³/mol. The van der Waals surface area contributed by atoms with Crippen molar-refractivity contribution < 1.29 is 4.74 Å². The number of halogens is 1. The predicted octanol–water partition coefficient (Wildman–Crippen LogP) is 4.81. The highest BCUT2D eigenvalue weighted by molar-refractivity contribution is 6.30. The maximum absolute atomic E-state index is 6.26. The molecule has 21 heavy (non-hydrogen) atoms. The summed E-state index contributed by atoms with van der Waals surface area (Å²) in [5.74, 6) is 0.879. The fourth-order valence-corrected chi connectivity index (χ4v) is 2.46. The summed E-state index contributed by atoms with van der Waals surface area (Å²) in [6, 6.07) is 13.8. The summed E-state index contributed by atoms with van der Waals surface area (Å²) in [7, 11) is 0. The van der Waals surface area contributed by atoms with E-state index in [4.69, 9.17) is 22.1 Å². The van der Waals surface area contributed by atoms with Crippen molar-refractivity contribution >= 4 is 11.6 Å². The molecule has 0 amide bonds. The van der Waals surface area contributed by atoms with Gasteiger partial charge in [0.15, 0.2) is 0 Å². The highest BCUT2D eigenvalue weighted by Crippen LogP contribution is 2.29. The van der Waals surface area contributed by atoms with Gasteiger partial charge in [-0.3, -0.25) is 0 Å². The summed E-state index contributed by atoms with van der Waals surface area (Å²) in [5.41, 5.74) is 9.65. The maximum atomic E-state index is 6.26. The summed E-state index contributed by atoms with van der Waals surface area (Å²) in [6.45, 7) is 6.20. The lowest BCUT2D eigenvalue weighted by Gasteiger charge is -2.25. The number of hydrogen-bond acceptors (Lipinski definition) is 2. The van der Waals surface area contributed by atoms with Gasteiger partial charge >= 0.3 is 0 Å². The molecule has 3 heteroatoms. The zero-order valence-corrected chi connectivity index (χ0v) is 13.5. The molecule has 0 fully saturated rings. The molecule has 0 aliphatic heterocycles. The van der Waals surface area contributed by atoms with Gasteiger partial charge in [-0.1, -0.05) is 48.4 Å². The Kier molecular flexibility index (Phi) is 5.27. The lowest BCUT2D eigenvalue weighted by Crippen LogP contribution is -2.31. The van der Waals surface area contributed by atoms with Gasteiger partial charge in [0.05, 0.1) is 0 Å². The minimum Gasteiger partial charge on any atom is -0.484 e. The van der Waals surface area contributed by atoms with E-state index in [1.54, 1.807) is 0 Å². The molecule has 2 rings (SSSR count). The van der Waals surface area contributed by atoms with Gasteiger partial charge in [0, 0.05) is 11.1 Å². The van der Waals surface area contributed by atoms with Crippen LogP contribution in [0.15, 0.2) is 42.5 Å². The normalized spacial score (nSPS) is 13.8. The van der Waals surface area contributed by atoms with Crippen molar-refractivity contribution in [1.29, 1.82) is 0 Å². The Bertz CT molecular complexity index is 595. The Morgan fingerprint density at radius 3 is 2.33 bits per heavy atom. The van der Waals surface area contributed by atoms with Crippen LogP contribution in [0.1, 0.15) is 36.1 Å². The molecule has 2 unspecified atom stereocenters. The Morgan fingerprint density at radius 2 is 1.76 bits per heavy atom. The van der Waals surface area contributed by atoms with E-state index < -0.39 is 0 Å². The molecule has 112 valence electrons.